The molecule has 1 heterocycles. The highest BCUT2D eigenvalue weighted by Crippen LogP contribution is 2.22. The minimum atomic E-state index is -0.516. The zero-order valence-corrected chi connectivity index (χ0v) is 10.7. The molecule has 0 aromatic heterocycles. The monoisotopic (exact) mass is 256 g/mol. The Morgan fingerprint density at radius 3 is 2.83 bits per heavy atom. The molecule has 1 fully saturated rings. The van der Waals surface area contributed by atoms with Gasteiger partial charge in [-0.25, -0.2) is 8.78 Å². The Labute approximate surface area is 106 Å². The third-order valence-corrected chi connectivity index (χ3v) is 3.25. The maximum absolute atomic E-state index is 13.8. The molecule has 1 N–H and O–H groups in total. The Kier molecular flexibility index (Phi) is 4.14. The van der Waals surface area contributed by atoms with Crippen LogP contribution in [0.25, 0.3) is 0 Å². The van der Waals surface area contributed by atoms with Crippen molar-refractivity contribution in [2.75, 3.05) is 33.8 Å². The molecule has 1 aromatic carbocycles. The van der Waals surface area contributed by atoms with Crippen molar-refractivity contribution >= 4 is 0 Å². The van der Waals surface area contributed by atoms with Gasteiger partial charge in [0.05, 0.1) is 7.11 Å². The first-order valence-corrected chi connectivity index (χ1v) is 6.04. The molecular weight excluding hydrogens is 238 g/mol. The van der Waals surface area contributed by atoms with Crippen molar-refractivity contribution in [3.63, 3.8) is 0 Å². The normalized spacial score (nSPS) is 21.0. The smallest absolute Gasteiger partial charge is 0.165 e. The summed E-state index contributed by atoms with van der Waals surface area (Å²) in [5.41, 5.74) is 0.390. The molecule has 1 aliphatic rings. The van der Waals surface area contributed by atoms with Crippen LogP contribution in [0, 0.1) is 11.6 Å². The van der Waals surface area contributed by atoms with E-state index in [9.17, 15) is 8.78 Å². The number of methoxy groups -OCH3 is 1. The van der Waals surface area contributed by atoms with E-state index >= 15 is 0 Å². The molecule has 1 aliphatic heterocycles. The Morgan fingerprint density at radius 2 is 2.17 bits per heavy atom. The molecule has 3 nitrogen and oxygen atoms in total. The van der Waals surface area contributed by atoms with E-state index in [0.29, 0.717) is 12.0 Å². The molecule has 1 atom stereocenters. The van der Waals surface area contributed by atoms with E-state index < -0.39 is 11.6 Å². The molecule has 0 bridgehead atoms. The van der Waals surface area contributed by atoms with Gasteiger partial charge in [0.25, 0.3) is 0 Å². The second-order valence-corrected chi connectivity index (χ2v) is 4.70. The summed E-state index contributed by atoms with van der Waals surface area (Å²) in [4.78, 5) is 2.18. The summed E-state index contributed by atoms with van der Waals surface area (Å²) in [5.74, 6) is -0.980. The van der Waals surface area contributed by atoms with Crippen LogP contribution in [-0.2, 0) is 6.42 Å². The molecule has 1 saturated heterocycles. The fourth-order valence-electron chi connectivity index (χ4n) is 2.28. The quantitative estimate of drug-likeness (QED) is 0.885. The first kappa shape index (κ1) is 13.2. The van der Waals surface area contributed by atoms with Crippen LogP contribution in [0.5, 0.6) is 5.75 Å². The summed E-state index contributed by atoms with van der Waals surface area (Å²) in [6.45, 7) is 2.70. The minimum Gasteiger partial charge on any atom is -0.494 e. The standard InChI is InChI=1S/C13H18F2N2O/c1-17-4-3-16-10(8-17)5-9-6-12(15)13(18-2)7-11(9)14/h6-7,10,16H,3-5,8H2,1-2H3. The third-order valence-electron chi connectivity index (χ3n) is 3.25. The number of nitrogens with one attached hydrogen (secondary N) is 1. The molecule has 0 aliphatic carbocycles. The number of hydrogen-bond donors (Lipinski definition) is 1. The number of likely N-dealkylation sites (N-methyl/N-ethyl adjacent to an activating group) is 1. The number of hydrogen-bond acceptors (Lipinski definition) is 3. The SMILES string of the molecule is COc1cc(F)c(CC2CN(C)CCN2)cc1F. The van der Waals surface area contributed by atoms with Crippen molar-refractivity contribution in [1.29, 1.82) is 0 Å². The summed E-state index contributed by atoms with van der Waals surface area (Å²) < 4.78 is 32.1. The molecule has 0 amide bonds. The Bertz CT molecular complexity index is 426. The number of rotatable bonds is 3. The molecular formula is C13H18F2N2O. The van der Waals surface area contributed by atoms with Crippen molar-refractivity contribution in [3.8, 4) is 5.75 Å². The first-order chi connectivity index (χ1) is 8.60. The maximum atomic E-state index is 13.8. The molecule has 1 aromatic rings. The lowest BCUT2D eigenvalue weighted by Crippen LogP contribution is -2.50. The lowest BCUT2D eigenvalue weighted by atomic mass is 10.0. The van der Waals surface area contributed by atoms with Gasteiger partial charge in [0, 0.05) is 31.7 Å². The minimum absolute atomic E-state index is 0.0510. The lowest BCUT2D eigenvalue weighted by Gasteiger charge is -2.31. The van der Waals surface area contributed by atoms with E-state index in [0.717, 1.165) is 25.7 Å². The van der Waals surface area contributed by atoms with Crippen LogP contribution in [0.15, 0.2) is 12.1 Å². The molecule has 2 rings (SSSR count). The van der Waals surface area contributed by atoms with Crippen molar-refractivity contribution in [3.05, 3.63) is 29.3 Å². The molecule has 100 valence electrons. The highest BCUT2D eigenvalue weighted by molar-refractivity contribution is 5.31. The number of nitrogens with zero attached hydrogens (tertiary/aromatic N) is 1. The number of benzene rings is 1. The van der Waals surface area contributed by atoms with Gasteiger partial charge in [0.1, 0.15) is 5.82 Å². The summed E-state index contributed by atoms with van der Waals surface area (Å²) in [6, 6.07) is 2.49. The Hall–Kier alpha value is -1.20. The molecule has 1 unspecified atom stereocenters. The fourth-order valence-corrected chi connectivity index (χ4v) is 2.28. The summed E-state index contributed by atoms with van der Waals surface area (Å²) in [7, 11) is 3.36. The number of ether oxygens (including phenoxy) is 1. The van der Waals surface area contributed by atoms with Gasteiger partial charge < -0.3 is 15.0 Å². The van der Waals surface area contributed by atoms with Crippen LogP contribution < -0.4 is 10.1 Å². The van der Waals surface area contributed by atoms with E-state index in [-0.39, 0.29) is 11.8 Å². The Morgan fingerprint density at radius 1 is 1.39 bits per heavy atom. The molecule has 0 radical (unpaired) electrons. The van der Waals surface area contributed by atoms with Gasteiger partial charge in [-0.3, -0.25) is 0 Å². The average Bonchev–Trinajstić information content (AvgIpc) is 2.33. The summed E-state index contributed by atoms with van der Waals surface area (Å²) >= 11 is 0. The van der Waals surface area contributed by atoms with Crippen LogP contribution in [0.2, 0.25) is 0 Å². The van der Waals surface area contributed by atoms with Gasteiger partial charge in [0.15, 0.2) is 11.6 Å². The van der Waals surface area contributed by atoms with Crippen LogP contribution in [0.4, 0.5) is 8.78 Å². The van der Waals surface area contributed by atoms with Crippen LogP contribution in [-0.4, -0.2) is 44.7 Å². The van der Waals surface area contributed by atoms with Gasteiger partial charge in [-0.05, 0) is 25.1 Å². The third kappa shape index (κ3) is 2.97. The second-order valence-electron chi connectivity index (χ2n) is 4.70. The van der Waals surface area contributed by atoms with Crippen molar-refractivity contribution < 1.29 is 13.5 Å². The molecule has 5 heteroatoms. The summed E-state index contributed by atoms with van der Waals surface area (Å²) in [6.07, 6.45) is 0.483. The van der Waals surface area contributed by atoms with Crippen molar-refractivity contribution in [1.82, 2.24) is 10.2 Å². The van der Waals surface area contributed by atoms with E-state index in [2.05, 4.69) is 10.2 Å². The van der Waals surface area contributed by atoms with Gasteiger partial charge in [0.2, 0.25) is 0 Å². The van der Waals surface area contributed by atoms with Gasteiger partial charge in [-0.15, -0.1) is 0 Å². The van der Waals surface area contributed by atoms with Crippen molar-refractivity contribution in [2.24, 2.45) is 0 Å². The largest absolute Gasteiger partial charge is 0.494 e. The van der Waals surface area contributed by atoms with Crippen LogP contribution in [0.1, 0.15) is 5.56 Å². The number of piperazine rings is 1. The lowest BCUT2D eigenvalue weighted by molar-refractivity contribution is 0.237. The predicted octanol–water partition coefficient (Wildman–Crippen LogP) is 1.42. The Balaban J connectivity index is 2.11. The highest BCUT2D eigenvalue weighted by atomic mass is 19.1. The first-order valence-electron chi connectivity index (χ1n) is 6.04. The predicted molar refractivity (Wildman–Crippen MR) is 65.9 cm³/mol. The molecule has 18 heavy (non-hydrogen) atoms. The van der Waals surface area contributed by atoms with E-state index in [4.69, 9.17) is 4.74 Å². The fraction of sp³-hybridized carbons (Fsp3) is 0.538. The van der Waals surface area contributed by atoms with E-state index in [1.54, 1.807) is 0 Å². The topological polar surface area (TPSA) is 24.5 Å². The highest BCUT2D eigenvalue weighted by Gasteiger charge is 2.19. The summed E-state index contributed by atoms with van der Waals surface area (Å²) in [5, 5.41) is 3.31. The average molecular weight is 256 g/mol. The second kappa shape index (κ2) is 5.63. The van der Waals surface area contributed by atoms with Crippen LogP contribution in [0.3, 0.4) is 0 Å². The van der Waals surface area contributed by atoms with E-state index in [1.165, 1.54) is 13.2 Å². The van der Waals surface area contributed by atoms with Gasteiger partial charge >= 0.3 is 0 Å². The van der Waals surface area contributed by atoms with Gasteiger partial charge in [-0.1, -0.05) is 0 Å². The van der Waals surface area contributed by atoms with Gasteiger partial charge in [-0.2, -0.15) is 0 Å². The van der Waals surface area contributed by atoms with Crippen LogP contribution >= 0.6 is 0 Å². The molecule has 0 saturated carbocycles. The zero-order chi connectivity index (χ0) is 13.1. The number of halogens is 2. The maximum Gasteiger partial charge on any atom is 0.165 e. The molecule has 0 spiro atoms. The van der Waals surface area contributed by atoms with Crippen molar-refractivity contribution in [2.45, 2.75) is 12.5 Å². The van der Waals surface area contributed by atoms with E-state index in [1.807, 2.05) is 7.05 Å². The zero-order valence-electron chi connectivity index (χ0n) is 10.7.